The molecule has 0 amide bonds. The van der Waals surface area contributed by atoms with Crippen LogP contribution in [-0.2, 0) is 27.7 Å². The van der Waals surface area contributed by atoms with Gasteiger partial charge in [0.1, 0.15) is 0 Å². The maximum absolute atomic E-state index is 16.8. The monoisotopic (exact) mass is 445 g/mol. The number of sulfone groups is 1. The Morgan fingerprint density at radius 2 is 1.97 bits per heavy atom. The van der Waals surface area contributed by atoms with Crippen LogP contribution < -0.4 is 0 Å². The van der Waals surface area contributed by atoms with Crippen molar-refractivity contribution in [3.8, 4) is 0 Å². The van der Waals surface area contributed by atoms with Crippen molar-refractivity contribution in [3.63, 3.8) is 0 Å². The largest absolute Gasteiger partial charge is 0.358 e. The Hall–Kier alpha value is -2.71. The third-order valence-corrected chi connectivity index (χ3v) is 8.06. The lowest BCUT2D eigenvalue weighted by Gasteiger charge is -2.27. The molecule has 154 valence electrons. The quantitative estimate of drug-likeness (QED) is 0.498. The van der Waals surface area contributed by atoms with Crippen LogP contribution >= 0.6 is 11.6 Å². The van der Waals surface area contributed by atoms with Crippen molar-refractivity contribution in [2.45, 2.75) is 29.7 Å². The predicted molar refractivity (Wildman–Crippen MR) is 110 cm³/mol. The number of H-pyrrole nitrogens is 1. The molecule has 0 bridgehead atoms. The number of nitrogens with zero attached hydrogens (tertiary/aromatic N) is 2. The van der Waals surface area contributed by atoms with Gasteiger partial charge >= 0.3 is 0 Å². The van der Waals surface area contributed by atoms with Crippen LogP contribution in [0.3, 0.4) is 0 Å². The van der Waals surface area contributed by atoms with E-state index in [0.717, 1.165) is 22.2 Å². The van der Waals surface area contributed by atoms with E-state index in [1.807, 2.05) is 6.07 Å². The Labute approximate surface area is 177 Å². The van der Waals surface area contributed by atoms with E-state index < -0.39 is 26.6 Å². The maximum Gasteiger partial charge on any atom is 0.295 e. The van der Waals surface area contributed by atoms with E-state index in [1.54, 1.807) is 30.3 Å². The summed E-state index contributed by atoms with van der Waals surface area (Å²) in [7, 11) is -4.48. The van der Waals surface area contributed by atoms with Gasteiger partial charge in [0.2, 0.25) is 9.84 Å². The van der Waals surface area contributed by atoms with Gasteiger partial charge in [-0.2, -0.15) is 4.98 Å². The summed E-state index contributed by atoms with van der Waals surface area (Å²) in [5, 5.41) is 2.19. The lowest BCUT2D eigenvalue weighted by molar-refractivity contribution is 0.128. The molecule has 0 unspecified atom stereocenters. The van der Waals surface area contributed by atoms with E-state index in [2.05, 4.69) is 15.1 Å². The Morgan fingerprint density at radius 3 is 2.67 bits per heavy atom. The van der Waals surface area contributed by atoms with Crippen molar-refractivity contribution < 1.29 is 17.3 Å². The number of nitrogens with one attached hydrogen (secondary N) is 1. The zero-order valence-electron chi connectivity index (χ0n) is 15.9. The van der Waals surface area contributed by atoms with E-state index in [-0.39, 0.29) is 23.6 Å². The number of aromatic amines is 1. The lowest BCUT2D eigenvalue weighted by Crippen LogP contribution is -2.40. The second kappa shape index (κ2) is 6.65. The molecule has 5 rings (SSSR count). The lowest BCUT2D eigenvalue weighted by atomic mass is 9.98. The molecule has 0 saturated carbocycles. The van der Waals surface area contributed by atoms with Gasteiger partial charge in [-0.15, -0.1) is 0 Å². The number of aromatic nitrogens is 3. The third kappa shape index (κ3) is 2.70. The van der Waals surface area contributed by atoms with Crippen molar-refractivity contribution in [3.05, 3.63) is 76.5 Å². The highest BCUT2D eigenvalue weighted by Crippen LogP contribution is 2.49. The van der Waals surface area contributed by atoms with Gasteiger partial charge in [0.15, 0.2) is 5.82 Å². The van der Waals surface area contributed by atoms with Gasteiger partial charge in [0, 0.05) is 27.5 Å². The fourth-order valence-electron chi connectivity index (χ4n) is 4.23. The van der Waals surface area contributed by atoms with Gasteiger partial charge in [-0.05, 0) is 55.7 Å². The second-order valence-corrected chi connectivity index (χ2v) is 9.99. The van der Waals surface area contributed by atoms with Crippen LogP contribution in [0, 0.1) is 12.8 Å². The van der Waals surface area contributed by atoms with E-state index in [0.29, 0.717) is 5.02 Å². The SMILES string of the molecule is Cc1noc([C@](F)([C@H]2Cc3[nH]c4ccc(Cl)cc4c3C2)S(=O)(=O)c2ccccc2)n1. The normalized spacial score (nSPS) is 18.4. The summed E-state index contributed by atoms with van der Waals surface area (Å²) < 4.78 is 48.9. The standard InChI is InChI=1S/C21H17ClFN3O3S/c1-12-24-20(29-26-12)21(23,30(27,28)15-5-3-2-4-6-15)13-9-16-17-11-14(22)7-8-18(17)25-19(16)10-13/h2-8,11,13,25H,9-10H2,1H3/t13-,21+/m1/s1. The summed E-state index contributed by atoms with van der Waals surface area (Å²) >= 11 is 6.14. The molecule has 2 aromatic heterocycles. The highest BCUT2D eigenvalue weighted by Gasteiger charge is 2.59. The molecule has 0 aliphatic heterocycles. The number of halogens is 2. The zero-order valence-corrected chi connectivity index (χ0v) is 17.5. The van der Waals surface area contributed by atoms with Crippen LogP contribution in [0.25, 0.3) is 10.9 Å². The summed E-state index contributed by atoms with van der Waals surface area (Å²) in [5.74, 6) is -1.31. The van der Waals surface area contributed by atoms with E-state index in [4.69, 9.17) is 16.1 Å². The summed E-state index contributed by atoms with van der Waals surface area (Å²) in [4.78, 5) is 7.11. The molecule has 1 aliphatic rings. The molecule has 0 fully saturated rings. The Kier molecular flexibility index (Phi) is 4.27. The first kappa shape index (κ1) is 19.3. The van der Waals surface area contributed by atoms with Crippen molar-refractivity contribution in [1.82, 2.24) is 15.1 Å². The molecule has 9 heteroatoms. The van der Waals surface area contributed by atoms with Crippen LogP contribution in [0.15, 0.2) is 57.9 Å². The van der Waals surface area contributed by atoms with Crippen LogP contribution in [0.1, 0.15) is 23.0 Å². The molecule has 1 N–H and O–H groups in total. The van der Waals surface area contributed by atoms with Crippen molar-refractivity contribution >= 4 is 32.3 Å². The minimum Gasteiger partial charge on any atom is -0.358 e. The van der Waals surface area contributed by atoms with Gasteiger partial charge < -0.3 is 9.51 Å². The molecular formula is C21H17ClFN3O3S. The number of aryl methyl sites for hydroxylation is 1. The molecule has 0 radical (unpaired) electrons. The number of benzene rings is 2. The molecule has 0 saturated heterocycles. The summed E-state index contributed by atoms with van der Waals surface area (Å²) in [6, 6.07) is 13.0. The molecule has 2 aromatic carbocycles. The topological polar surface area (TPSA) is 88.9 Å². The molecular weight excluding hydrogens is 429 g/mol. The number of alkyl halides is 1. The molecule has 2 atom stereocenters. The van der Waals surface area contributed by atoms with Crippen molar-refractivity contribution in [2.75, 3.05) is 0 Å². The molecule has 4 aromatic rings. The highest BCUT2D eigenvalue weighted by atomic mass is 35.5. The summed E-state index contributed by atoms with van der Waals surface area (Å²) in [5.41, 5.74) is 2.53. The van der Waals surface area contributed by atoms with Gasteiger partial charge in [0.05, 0.1) is 4.90 Å². The third-order valence-electron chi connectivity index (χ3n) is 5.65. The van der Waals surface area contributed by atoms with Crippen molar-refractivity contribution in [2.24, 2.45) is 5.92 Å². The average Bonchev–Trinajstić information content (AvgIpc) is 3.43. The maximum atomic E-state index is 16.8. The number of fused-ring (bicyclic) bond motifs is 3. The highest BCUT2D eigenvalue weighted by molar-refractivity contribution is 7.92. The smallest absolute Gasteiger partial charge is 0.295 e. The molecule has 6 nitrogen and oxygen atoms in total. The van der Waals surface area contributed by atoms with Gasteiger partial charge in [-0.25, -0.2) is 12.8 Å². The average molecular weight is 446 g/mol. The van der Waals surface area contributed by atoms with E-state index in [9.17, 15) is 8.42 Å². The van der Waals surface area contributed by atoms with Gasteiger partial charge in [-0.1, -0.05) is 35.0 Å². The molecule has 0 spiro atoms. The Balaban J connectivity index is 1.65. The van der Waals surface area contributed by atoms with Crippen LogP contribution in [0.5, 0.6) is 0 Å². The number of hydrogen-bond donors (Lipinski definition) is 1. The van der Waals surface area contributed by atoms with E-state index >= 15 is 4.39 Å². The minimum absolute atomic E-state index is 0.133. The Bertz CT molecular complexity index is 1370. The first-order chi connectivity index (χ1) is 14.3. The van der Waals surface area contributed by atoms with Crippen LogP contribution in [-0.4, -0.2) is 23.5 Å². The van der Waals surface area contributed by atoms with Crippen LogP contribution in [0.2, 0.25) is 5.02 Å². The van der Waals surface area contributed by atoms with Crippen molar-refractivity contribution in [1.29, 1.82) is 0 Å². The number of hydrogen-bond acceptors (Lipinski definition) is 5. The summed E-state index contributed by atoms with van der Waals surface area (Å²) in [6.45, 7) is 1.52. The predicted octanol–water partition coefficient (Wildman–Crippen LogP) is 4.52. The second-order valence-electron chi connectivity index (χ2n) is 7.49. The van der Waals surface area contributed by atoms with Gasteiger partial charge in [0.25, 0.3) is 10.9 Å². The summed E-state index contributed by atoms with van der Waals surface area (Å²) in [6.07, 6.45) is 0.380. The van der Waals surface area contributed by atoms with Crippen LogP contribution in [0.4, 0.5) is 4.39 Å². The van der Waals surface area contributed by atoms with Gasteiger partial charge in [-0.3, -0.25) is 0 Å². The molecule has 1 aliphatic carbocycles. The molecule has 2 heterocycles. The van der Waals surface area contributed by atoms with E-state index in [1.165, 1.54) is 19.1 Å². The minimum atomic E-state index is -4.48. The molecule has 30 heavy (non-hydrogen) atoms. The fraction of sp³-hybridized carbons (Fsp3) is 0.238. The first-order valence-electron chi connectivity index (χ1n) is 9.39. The Morgan fingerprint density at radius 1 is 1.20 bits per heavy atom. The fourth-order valence-corrected chi connectivity index (χ4v) is 6.18. The number of rotatable bonds is 4. The first-order valence-corrected chi connectivity index (χ1v) is 11.2. The zero-order chi connectivity index (χ0) is 21.1.